The second-order valence-corrected chi connectivity index (χ2v) is 5.24. The molecule has 0 N–H and O–H groups in total. The lowest BCUT2D eigenvalue weighted by Gasteiger charge is -2.25. The van der Waals surface area contributed by atoms with Crippen molar-refractivity contribution in [2.45, 2.75) is 65.2 Å². The monoisotopic (exact) mass is 193 g/mol. The van der Waals surface area contributed by atoms with Gasteiger partial charge in [0.2, 0.25) is 0 Å². The molecule has 1 rings (SSSR count). The fourth-order valence-electron chi connectivity index (χ4n) is 2.39. The van der Waals surface area contributed by atoms with Crippen LogP contribution in [0.3, 0.4) is 0 Å². The molecule has 1 nitrogen and oxygen atoms in total. The predicted octanol–water partition coefficient (Wildman–Crippen LogP) is 4.29. The van der Waals surface area contributed by atoms with Gasteiger partial charge in [-0.1, -0.05) is 39.5 Å². The van der Waals surface area contributed by atoms with E-state index in [1.165, 1.54) is 32.1 Å². The summed E-state index contributed by atoms with van der Waals surface area (Å²) in [6.45, 7) is 4.50. The minimum Gasteiger partial charge on any atom is -0.198 e. The van der Waals surface area contributed by atoms with E-state index in [-0.39, 0.29) is 5.41 Å². The molecule has 0 aromatic heterocycles. The molecule has 0 heterocycles. The standard InChI is InChI=1S/C13H23N/c1-12(2)7-10-13(11-14)8-5-3-4-6-9-13/h12H,3-10H2,1-2H3. The van der Waals surface area contributed by atoms with Gasteiger partial charge in [0.05, 0.1) is 11.5 Å². The Morgan fingerprint density at radius 3 is 2.14 bits per heavy atom. The van der Waals surface area contributed by atoms with Gasteiger partial charge in [0.15, 0.2) is 0 Å². The van der Waals surface area contributed by atoms with Crippen LogP contribution in [0.2, 0.25) is 0 Å². The van der Waals surface area contributed by atoms with Gasteiger partial charge in [-0.05, 0) is 31.6 Å². The molecule has 1 heteroatoms. The average Bonchev–Trinajstić information content (AvgIpc) is 2.41. The Bertz CT molecular complexity index is 192. The van der Waals surface area contributed by atoms with Gasteiger partial charge in [-0.15, -0.1) is 0 Å². The summed E-state index contributed by atoms with van der Waals surface area (Å²) in [6, 6.07) is 2.61. The van der Waals surface area contributed by atoms with Gasteiger partial charge >= 0.3 is 0 Å². The van der Waals surface area contributed by atoms with Gasteiger partial charge in [-0.25, -0.2) is 0 Å². The third-order valence-corrected chi connectivity index (χ3v) is 3.50. The van der Waals surface area contributed by atoms with Crippen molar-refractivity contribution in [3.63, 3.8) is 0 Å². The zero-order valence-corrected chi connectivity index (χ0v) is 9.68. The van der Waals surface area contributed by atoms with Gasteiger partial charge in [-0.3, -0.25) is 0 Å². The third-order valence-electron chi connectivity index (χ3n) is 3.50. The van der Waals surface area contributed by atoms with Crippen LogP contribution in [0.5, 0.6) is 0 Å². The Balaban J connectivity index is 2.50. The van der Waals surface area contributed by atoms with Crippen molar-refractivity contribution in [1.82, 2.24) is 0 Å². The lowest BCUT2D eigenvalue weighted by molar-refractivity contribution is 0.289. The summed E-state index contributed by atoms with van der Waals surface area (Å²) >= 11 is 0. The van der Waals surface area contributed by atoms with E-state index in [0.717, 1.165) is 25.2 Å². The van der Waals surface area contributed by atoms with E-state index in [4.69, 9.17) is 0 Å². The van der Waals surface area contributed by atoms with E-state index in [0.29, 0.717) is 0 Å². The first-order chi connectivity index (χ1) is 6.68. The molecule has 0 amide bonds. The summed E-state index contributed by atoms with van der Waals surface area (Å²) < 4.78 is 0. The van der Waals surface area contributed by atoms with E-state index in [9.17, 15) is 5.26 Å². The number of hydrogen-bond acceptors (Lipinski definition) is 1. The summed E-state index contributed by atoms with van der Waals surface area (Å²) in [5, 5.41) is 9.33. The number of rotatable bonds is 3. The van der Waals surface area contributed by atoms with Crippen LogP contribution >= 0.6 is 0 Å². The Morgan fingerprint density at radius 1 is 1.14 bits per heavy atom. The SMILES string of the molecule is CC(C)CCC1(C#N)CCCCCC1. The van der Waals surface area contributed by atoms with Crippen molar-refractivity contribution >= 4 is 0 Å². The molecule has 0 bridgehead atoms. The zero-order chi connectivity index (χ0) is 10.4. The van der Waals surface area contributed by atoms with Crippen molar-refractivity contribution in [2.75, 3.05) is 0 Å². The van der Waals surface area contributed by atoms with Gasteiger partial charge < -0.3 is 0 Å². The van der Waals surface area contributed by atoms with Crippen molar-refractivity contribution < 1.29 is 0 Å². The van der Waals surface area contributed by atoms with Crippen LogP contribution in [0.25, 0.3) is 0 Å². The maximum Gasteiger partial charge on any atom is 0.0689 e. The largest absolute Gasteiger partial charge is 0.198 e. The molecule has 0 aliphatic heterocycles. The summed E-state index contributed by atoms with van der Waals surface area (Å²) in [7, 11) is 0. The van der Waals surface area contributed by atoms with E-state index in [1.54, 1.807) is 0 Å². The molecule has 1 saturated carbocycles. The van der Waals surface area contributed by atoms with E-state index < -0.39 is 0 Å². The number of hydrogen-bond donors (Lipinski definition) is 0. The molecule has 1 aliphatic carbocycles. The lowest BCUT2D eigenvalue weighted by Crippen LogP contribution is -2.18. The summed E-state index contributed by atoms with van der Waals surface area (Å²) in [6.07, 6.45) is 9.86. The molecular formula is C13H23N. The van der Waals surface area contributed by atoms with Gasteiger partial charge in [-0.2, -0.15) is 5.26 Å². The quantitative estimate of drug-likeness (QED) is 0.613. The number of nitrogens with zero attached hydrogens (tertiary/aromatic N) is 1. The fourth-order valence-corrected chi connectivity index (χ4v) is 2.39. The molecule has 0 aromatic rings. The van der Waals surface area contributed by atoms with Crippen LogP contribution in [0.4, 0.5) is 0 Å². The first-order valence-corrected chi connectivity index (χ1v) is 6.10. The van der Waals surface area contributed by atoms with Crippen molar-refractivity contribution in [1.29, 1.82) is 5.26 Å². The van der Waals surface area contributed by atoms with Crippen molar-refractivity contribution in [3.05, 3.63) is 0 Å². The molecule has 1 fully saturated rings. The Labute approximate surface area is 88.5 Å². The second-order valence-electron chi connectivity index (χ2n) is 5.24. The van der Waals surface area contributed by atoms with Gasteiger partial charge in [0.1, 0.15) is 0 Å². The Morgan fingerprint density at radius 2 is 1.71 bits per heavy atom. The second kappa shape index (κ2) is 5.39. The average molecular weight is 193 g/mol. The predicted molar refractivity (Wildman–Crippen MR) is 59.8 cm³/mol. The van der Waals surface area contributed by atoms with Crippen molar-refractivity contribution in [2.24, 2.45) is 11.3 Å². The van der Waals surface area contributed by atoms with Crippen LogP contribution in [0, 0.1) is 22.7 Å². The van der Waals surface area contributed by atoms with E-state index in [2.05, 4.69) is 19.9 Å². The topological polar surface area (TPSA) is 23.8 Å². The van der Waals surface area contributed by atoms with Gasteiger partial charge in [0, 0.05) is 0 Å². The van der Waals surface area contributed by atoms with Crippen LogP contribution in [-0.4, -0.2) is 0 Å². The molecule has 0 unspecified atom stereocenters. The highest BCUT2D eigenvalue weighted by atomic mass is 14.4. The first-order valence-electron chi connectivity index (χ1n) is 6.10. The molecule has 0 aromatic carbocycles. The molecule has 1 aliphatic rings. The van der Waals surface area contributed by atoms with Crippen LogP contribution < -0.4 is 0 Å². The molecular weight excluding hydrogens is 170 g/mol. The first kappa shape index (κ1) is 11.6. The molecule has 0 radical (unpaired) electrons. The maximum atomic E-state index is 9.33. The van der Waals surface area contributed by atoms with Gasteiger partial charge in [0.25, 0.3) is 0 Å². The molecule has 0 saturated heterocycles. The molecule has 0 atom stereocenters. The highest BCUT2D eigenvalue weighted by Gasteiger charge is 2.30. The Hall–Kier alpha value is -0.510. The highest BCUT2D eigenvalue weighted by molar-refractivity contribution is 4.99. The minimum atomic E-state index is 0.0424. The summed E-state index contributed by atoms with van der Waals surface area (Å²) in [4.78, 5) is 0. The van der Waals surface area contributed by atoms with E-state index in [1.807, 2.05) is 0 Å². The highest BCUT2D eigenvalue weighted by Crippen LogP contribution is 2.39. The normalized spacial score (nSPS) is 21.6. The molecule has 0 spiro atoms. The smallest absolute Gasteiger partial charge is 0.0689 e. The van der Waals surface area contributed by atoms with Crippen LogP contribution in [-0.2, 0) is 0 Å². The molecule has 80 valence electrons. The van der Waals surface area contributed by atoms with Crippen LogP contribution in [0.15, 0.2) is 0 Å². The maximum absolute atomic E-state index is 9.33. The van der Waals surface area contributed by atoms with Crippen molar-refractivity contribution in [3.8, 4) is 6.07 Å². The number of nitriles is 1. The lowest BCUT2D eigenvalue weighted by atomic mass is 9.77. The summed E-state index contributed by atoms with van der Waals surface area (Å²) in [5.41, 5.74) is 0.0424. The van der Waals surface area contributed by atoms with Crippen LogP contribution in [0.1, 0.15) is 65.2 Å². The fraction of sp³-hybridized carbons (Fsp3) is 0.923. The third kappa shape index (κ3) is 3.33. The minimum absolute atomic E-state index is 0.0424. The molecule has 14 heavy (non-hydrogen) atoms. The van der Waals surface area contributed by atoms with E-state index >= 15 is 0 Å². The Kier molecular flexibility index (Phi) is 4.45. The zero-order valence-electron chi connectivity index (χ0n) is 9.68. The summed E-state index contributed by atoms with van der Waals surface area (Å²) in [5.74, 6) is 0.739.